The van der Waals surface area contributed by atoms with Gasteiger partial charge in [0, 0.05) is 0 Å². The molecule has 0 rings (SSSR count). The molecule has 0 unspecified atom stereocenters. The number of hydrogen-bond donors (Lipinski definition) is 0. The smallest absolute Gasteiger partial charge is 0.0786 e. The lowest BCUT2D eigenvalue weighted by Crippen LogP contribution is -2.50. The molecule has 0 aromatic carbocycles. The van der Waals surface area contributed by atoms with Crippen LogP contribution in [-0.4, -0.2) is 56.2 Å². The monoisotopic (exact) mass is 568 g/mol. The summed E-state index contributed by atoms with van der Waals surface area (Å²) in [6, 6.07) is 0. The molecule has 0 bridgehead atoms. The molecular formula is C38H83N2+. The Morgan fingerprint density at radius 2 is 0.475 bits per heavy atom. The molecule has 0 saturated carbocycles. The van der Waals surface area contributed by atoms with Crippen LogP contribution in [0.1, 0.15) is 202 Å². The van der Waals surface area contributed by atoms with Gasteiger partial charge in [-0.2, -0.15) is 0 Å². The van der Waals surface area contributed by atoms with Crippen molar-refractivity contribution in [2.75, 3.05) is 46.8 Å². The fourth-order valence-corrected chi connectivity index (χ4v) is 5.93. The van der Waals surface area contributed by atoms with Crippen LogP contribution in [0.5, 0.6) is 0 Å². The predicted molar refractivity (Wildman–Crippen MR) is 187 cm³/mol. The van der Waals surface area contributed by atoms with Crippen LogP contribution in [0.25, 0.3) is 0 Å². The molecule has 0 amide bonds. The summed E-state index contributed by atoms with van der Waals surface area (Å²) in [6.07, 6.45) is 37.8. The zero-order valence-electron chi connectivity index (χ0n) is 29.8. The topological polar surface area (TPSA) is 3.24 Å². The van der Waals surface area contributed by atoms with Gasteiger partial charge in [-0.3, -0.25) is 0 Å². The molecule has 0 aromatic heterocycles. The first kappa shape index (κ1) is 42.1. The second kappa shape index (κ2) is 35.1. The molecule has 0 N–H and O–H groups in total. The van der Waals surface area contributed by atoms with Crippen LogP contribution in [0.15, 0.2) is 0 Å². The maximum Gasteiger partial charge on any atom is 0.0786 e. The second-order valence-electron chi connectivity index (χ2n) is 13.4. The van der Waals surface area contributed by atoms with E-state index in [4.69, 9.17) is 0 Å². The number of rotatable bonds is 31. The summed E-state index contributed by atoms with van der Waals surface area (Å²) in [6.45, 7) is 18.5. The van der Waals surface area contributed by atoms with Crippen LogP contribution in [0, 0.1) is 0 Å². The summed E-state index contributed by atoms with van der Waals surface area (Å²) in [7, 11) is 4.11. The first-order valence-corrected chi connectivity index (χ1v) is 19.0. The van der Waals surface area contributed by atoms with Gasteiger partial charge in [-0.15, -0.1) is 0 Å². The van der Waals surface area contributed by atoms with Crippen molar-refractivity contribution in [3.63, 3.8) is 0 Å². The van der Waals surface area contributed by atoms with E-state index in [2.05, 4.69) is 53.6 Å². The van der Waals surface area contributed by atoms with Crippen molar-refractivity contribution in [1.29, 1.82) is 0 Å². The quantitative estimate of drug-likeness (QED) is 0.0594. The van der Waals surface area contributed by atoms with E-state index in [1.54, 1.807) is 0 Å². The number of hydrogen-bond acceptors (Lipinski definition) is 1. The minimum Gasteiger partial charge on any atom is -0.324 e. The predicted octanol–water partition coefficient (Wildman–Crippen LogP) is 12.6. The average Bonchev–Trinajstić information content (AvgIpc) is 2.96. The molecule has 2 nitrogen and oxygen atoms in total. The Labute approximate surface area is 257 Å². The summed E-state index contributed by atoms with van der Waals surface area (Å²) in [5, 5.41) is 0. The maximum atomic E-state index is 2.34. The standard InChI is InChI=1S/C34H72N.C4H11N/c1-5-9-13-17-21-22-26-30-34-35(31-27-23-18-14-10-6-2,32-28-24-19-15-11-7-3)33-29-25-20-16-12-8-4;1-4-5(2)3/h5-34H2,1-4H3;4H2,1-3H3/q+1;. The molecule has 0 aliphatic rings. The van der Waals surface area contributed by atoms with Crippen molar-refractivity contribution < 1.29 is 4.48 Å². The maximum absolute atomic E-state index is 2.34. The van der Waals surface area contributed by atoms with Crippen molar-refractivity contribution in [2.45, 2.75) is 202 Å². The van der Waals surface area contributed by atoms with Crippen LogP contribution in [-0.2, 0) is 0 Å². The Morgan fingerprint density at radius 1 is 0.300 bits per heavy atom. The summed E-state index contributed by atoms with van der Waals surface area (Å²) in [4.78, 5) is 2.12. The molecule has 0 aromatic rings. The van der Waals surface area contributed by atoms with E-state index < -0.39 is 0 Å². The molecule has 0 saturated heterocycles. The highest BCUT2D eigenvalue weighted by molar-refractivity contribution is 4.55. The Bertz CT molecular complexity index is 392. The first-order valence-electron chi connectivity index (χ1n) is 19.0. The van der Waals surface area contributed by atoms with E-state index in [-0.39, 0.29) is 0 Å². The van der Waals surface area contributed by atoms with Gasteiger partial charge in [0.05, 0.1) is 26.2 Å². The van der Waals surface area contributed by atoms with Gasteiger partial charge in [0.15, 0.2) is 0 Å². The Hall–Kier alpha value is -0.0800. The first-order chi connectivity index (χ1) is 19.5. The summed E-state index contributed by atoms with van der Waals surface area (Å²) < 4.78 is 1.48. The highest BCUT2D eigenvalue weighted by Crippen LogP contribution is 2.21. The van der Waals surface area contributed by atoms with E-state index in [9.17, 15) is 0 Å². The van der Waals surface area contributed by atoms with E-state index >= 15 is 0 Å². The zero-order valence-corrected chi connectivity index (χ0v) is 29.8. The largest absolute Gasteiger partial charge is 0.324 e. The number of quaternary nitrogens is 1. The van der Waals surface area contributed by atoms with E-state index in [0.717, 1.165) is 6.54 Å². The Kier molecular flexibility index (Phi) is 36.9. The highest BCUT2D eigenvalue weighted by atomic mass is 15.3. The third-order valence-electron chi connectivity index (χ3n) is 9.08. The lowest BCUT2D eigenvalue weighted by molar-refractivity contribution is -0.929. The summed E-state index contributed by atoms with van der Waals surface area (Å²) in [5.41, 5.74) is 0. The molecule has 0 spiro atoms. The van der Waals surface area contributed by atoms with Crippen LogP contribution in [0.4, 0.5) is 0 Å². The fourth-order valence-electron chi connectivity index (χ4n) is 5.93. The van der Waals surface area contributed by atoms with E-state index in [1.807, 2.05) is 0 Å². The van der Waals surface area contributed by atoms with Gasteiger partial charge in [0.1, 0.15) is 0 Å². The minimum atomic E-state index is 1.14. The van der Waals surface area contributed by atoms with Gasteiger partial charge in [-0.25, -0.2) is 0 Å². The fraction of sp³-hybridized carbons (Fsp3) is 1.00. The van der Waals surface area contributed by atoms with E-state index in [0.29, 0.717) is 0 Å². The Morgan fingerprint density at radius 3 is 0.650 bits per heavy atom. The van der Waals surface area contributed by atoms with Crippen molar-refractivity contribution in [2.24, 2.45) is 0 Å². The van der Waals surface area contributed by atoms with Gasteiger partial charge in [0.2, 0.25) is 0 Å². The van der Waals surface area contributed by atoms with Gasteiger partial charge in [-0.05, 0) is 72.0 Å². The molecule has 0 atom stereocenters. The third-order valence-corrected chi connectivity index (χ3v) is 9.08. The molecule has 0 heterocycles. The molecule has 0 aliphatic heterocycles. The average molecular weight is 568 g/mol. The van der Waals surface area contributed by atoms with Crippen molar-refractivity contribution >= 4 is 0 Å². The normalized spacial score (nSPS) is 11.7. The van der Waals surface area contributed by atoms with Gasteiger partial charge < -0.3 is 9.38 Å². The summed E-state index contributed by atoms with van der Waals surface area (Å²) in [5.74, 6) is 0. The molecule has 0 fully saturated rings. The van der Waals surface area contributed by atoms with E-state index in [1.165, 1.54) is 198 Å². The van der Waals surface area contributed by atoms with Gasteiger partial charge >= 0.3 is 0 Å². The van der Waals surface area contributed by atoms with Crippen LogP contribution in [0.2, 0.25) is 0 Å². The minimum absolute atomic E-state index is 1.14. The van der Waals surface area contributed by atoms with Crippen LogP contribution in [0.3, 0.4) is 0 Å². The third kappa shape index (κ3) is 32.4. The highest BCUT2D eigenvalue weighted by Gasteiger charge is 2.25. The molecule has 2 heteroatoms. The lowest BCUT2D eigenvalue weighted by Gasteiger charge is -2.40. The zero-order chi connectivity index (χ0) is 30.0. The molecule has 40 heavy (non-hydrogen) atoms. The molecular weight excluding hydrogens is 484 g/mol. The van der Waals surface area contributed by atoms with Crippen molar-refractivity contribution in [3.8, 4) is 0 Å². The number of unbranched alkanes of at least 4 members (excludes halogenated alkanes) is 22. The lowest BCUT2D eigenvalue weighted by atomic mass is 10.0. The molecule has 244 valence electrons. The summed E-state index contributed by atoms with van der Waals surface area (Å²) >= 11 is 0. The van der Waals surface area contributed by atoms with Crippen LogP contribution >= 0.6 is 0 Å². The number of nitrogens with zero attached hydrogens (tertiary/aromatic N) is 2. The second-order valence-corrected chi connectivity index (χ2v) is 13.4. The molecule has 0 aliphatic carbocycles. The van der Waals surface area contributed by atoms with Gasteiger partial charge in [-0.1, -0.05) is 150 Å². The van der Waals surface area contributed by atoms with Crippen molar-refractivity contribution in [3.05, 3.63) is 0 Å². The molecule has 0 radical (unpaired) electrons. The Balaban J connectivity index is 0. The van der Waals surface area contributed by atoms with Crippen LogP contribution < -0.4 is 0 Å². The van der Waals surface area contributed by atoms with Crippen molar-refractivity contribution in [1.82, 2.24) is 4.90 Å². The SMILES string of the molecule is CCCCCCCCCC[N+](CCCCCCCC)(CCCCCCCC)CCCCCCCC.CCN(C)C. The van der Waals surface area contributed by atoms with Gasteiger partial charge in [0.25, 0.3) is 0 Å².